The van der Waals surface area contributed by atoms with Gasteiger partial charge in [0.05, 0.1) is 11.5 Å². The van der Waals surface area contributed by atoms with Gasteiger partial charge in [-0.3, -0.25) is 9.59 Å². The summed E-state index contributed by atoms with van der Waals surface area (Å²) in [5, 5.41) is 2.85. The molecule has 0 aromatic heterocycles. The van der Waals surface area contributed by atoms with E-state index in [0.717, 1.165) is 24.0 Å². The molecule has 1 atom stereocenters. The van der Waals surface area contributed by atoms with Crippen LogP contribution < -0.4 is 5.32 Å². The summed E-state index contributed by atoms with van der Waals surface area (Å²) in [7, 11) is 0. The van der Waals surface area contributed by atoms with E-state index >= 15 is 0 Å². The summed E-state index contributed by atoms with van der Waals surface area (Å²) >= 11 is 0. The van der Waals surface area contributed by atoms with Crippen molar-refractivity contribution in [2.75, 3.05) is 6.61 Å². The van der Waals surface area contributed by atoms with Crippen LogP contribution in [0, 0.1) is 0 Å². The molecule has 0 heterocycles. The molecular formula is C20H21NO3. The van der Waals surface area contributed by atoms with Gasteiger partial charge >= 0.3 is 5.97 Å². The van der Waals surface area contributed by atoms with Crippen LogP contribution >= 0.6 is 0 Å². The van der Waals surface area contributed by atoms with Gasteiger partial charge in [0, 0.05) is 0 Å². The van der Waals surface area contributed by atoms with Crippen LogP contribution in [-0.2, 0) is 19.7 Å². The Morgan fingerprint density at radius 3 is 2.21 bits per heavy atom. The van der Waals surface area contributed by atoms with Gasteiger partial charge in [-0.1, -0.05) is 60.7 Å². The third kappa shape index (κ3) is 3.48. The van der Waals surface area contributed by atoms with Gasteiger partial charge in [-0.05, 0) is 30.9 Å². The van der Waals surface area contributed by atoms with Crippen LogP contribution in [0.5, 0.6) is 0 Å². The van der Waals surface area contributed by atoms with Crippen LogP contribution in [0.3, 0.4) is 0 Å². The minimum absolute atomic E-state index is 0.124. The van der Waals surface area contributed by atoms with E-state index in [9.17, 15) is 9.59 Å². The summed E-state index contributed by atoms with van der Waals surface area (Å²) in [5.41, 5.74) is 1.43. The zero-order valence-corrected chi connectivity index (χ0v) is 13.7. The van der Waals surface area contributed by atoms with Crippen molar-refractivity contribution < 1.29 is 14.3 Å². The van der Waals surface area contributed by atoms with Crippen LogP contribution in [0.25, 0.3) is 0 Å². The molecule has 1 aliphatic carbocycles. The first-order valence-electron chi connectivity index (χ1n) is 8.19. The first kappa shape index (κ1) is 16.2. The van der Waals surface area contributed by atoms with E-state index in [0.29, 0.717) is 0 Å². The van der Waals surface area contributed by atoms with Crippen molar-refractivity contribution in [1.82, 2.24) is 5.32 Å². The molecule has 2 aromatic rings. The molecule has 1 N–H and O–H groups in total. The number of hydrogen-bond donors (Lipinski definition) is 1. The van der Waals surface area contributed by atoms with Crippen LogP contribution in [0.4, 0.5) is 0 Å². The maximum absolute atomic E-state index is 12.4. The Morgan fingerprint density at radius 1 is 1.04 bits per heavy atom. The normalized spacial score (nSPS) is 16.0. The van der Waals surface area contributed by atoms with Gasteiger partial charge in [-0.25, -0.2) is 0 Å². The Morgan fingerprint density at radius 2 is 1.62 bits per heavy atom. The lowest BCUT2D eigenvalue weighted by molar-refractivity contribution is -0.151. The molecule has 3 rings (SSSR count). The minimum atomic E-state index is -0.549. The second-order valence-electron chi connectivity index (χ2n) is 6.22. The van der Waals surface area contributed by atoms with Crippen molar-refractivity contribution in [2.45, 2.75) is 31.2 Å². The Bertz CT molecular complexity index is 708. The number of esters is 1. The largest absolute Gasteiger partial charge is 0.455 e. The van der Waals surface area contributed by atoms with Crippen LogP contribution in [-0.4, -0.2) is 18.5 Å². The molecule has 0 aliphatic heterocycles. The summed E-state index contributed by atoms with van der Waals surface area (Å²) < 4.78 is 5.27. The van der Waals surface area contributed by atoms with Crippen LogP contribution in [0.15, 0.2) is 60.7 Å². The molecule has 4 nitrogen and oxygen atoms in total. The summed E-state index contributed by atoms with van der Waals surface area (Å²) in [6.07, 6.45) is 1.55. The second kappa shape index (κ2) is 6.87. The quantitative estimate of drug-likeness (QED) is 0.831. The number of amides is 1. The highest BCUT2D eigenvalue weighted by Crippen LogP contribution is 2.49. The van der Waals surface area contributed by atoms with E-state index in [1.807, 2.05) is 67.6 Å². The number of nitrogens with one attached hydrogen (secondary N) is 1. The third-order valence-electron chi connectivity index (χ3n) is 4.48. The number of benzene rings is 2. The number of carbonyl (C=O) groups excluding carboxylic acids is 2. The van der Waals surface area contributed by atoms with Crippen LogP contribution in [0.2, 0.25) is 0 Å². The lowest BCUT2D eigenvalue weighted by Gasteiger charge is -2.17. The molecule has 1 saturated carbocycles. The van der Waals surface area contributed by atoms with Gasteiger partial charge in [0.15, 0.2) is 6.61 Å². The predicted octanol–water partition coefficient (Wildman–Crippen LogP) is 3.14. The lowest BCUT2D eigenvalue weighted by atomic mass is 9.96. The predicted molar refractivity (Wildman–Crippen MR) is 91.3 cm³/mol. The molecule has 0 radical (unpaired) electrons. The fourth-order valence-electron chi connectivity index (χ4n) is 2.87. The van der Waals surface area contributed by atoms with E-state index in [4.69, 9.17) is 4.74 Å². The number of hydrogen-bond acceptors (Lipinski definition) is 3. The highest BCUT2D eigenvalue weighted by atomic mass is 16.5. The fraction of sp³-hybridized carbons (Fsp3) is 0.300. The van der Waals surface area contributed by atoms with Crippen molar-refractivity contribution in [1.29, 1.82) is 0 Å². The molecule has 0 spiro atoms. The maximum atomic E-state index is 12.4. The lowest BCUT2D eigenvalue weighted by Crippen LogP contribution is -2.33. The second-order valence-corrected chi connectivity index (χ2v) is 6.22. The molecule has 2 aromatic carbocycles. The Labute approximate surface area is 141 Å². The molecule has 4 heteroatoms. The Balaban J connectivity index is 1.52. The SMILES string of the molecule is C[C@H](NC(=O)COC(=O)C1(c2ccccc2)CC1)c1ccccc1. The van der Waals surface area contributed by atoms with Crippen LogP contribution in [0.1, 0.15) is 36.9 Å². The van der Waals surface area contributed by atoms with Gasteiger partial charge in [-0.2, -0.15) is 0 Å². The zero-order valence-electron chi connectivity index (χ0n) is 13.7. The first-order chi connectivity index (χ1) is 11.6. The van der Waals surface area contributed by atoms with Crippen molar-refractivity contribution in [2.24, 2.45) is 0 Å². The van der Waals surface area contributed by atoms with Crippen molar-refractivity contribution in [3.63, 3.8) is 0 Å². The molecule has 124 valence electrons. The van der Waals surface area contributed by atoms with Gasteiger partial charge in [0.25, 0.3) is 5.91 Å². The highest BCUT2D eigenvalue weighted by Gasteiger charge is 2.52. The Kier molecular flexibility index (Phi) is 4.65. The third-order valence-corrected chi connectivity index (χ3v) is 4.48. The molecule has 1 aliphatic rings. The fourth-order valence-corrected chi connectivity index (χ4v) is 2.87. The first-order valence-corrected chi connectivity index (χ1v) is 8.19. The van der Waals surface area contributed by atoms with Gasteiger partial charge in [0.1, 0.15) is 0 Å². The average Bonchev–Trinajstić information content (AvgIpc) is 3.43. The topological polar surface area (TPSA) is 55.4 Å². The monoisotopic (exact) mass is 323 g/mol. The minimum Gasteiger partial charge on any atom is -0.455 e. The van der Waals surface area contributed by atoms with Crippen molar-refractivity contribution in [3.05, 3.63) is 71.8 Å². The Hall–Kier alpha value is -2.62. The zero-order chi connectivity index (χ0) is 17.0. The van der Waals surface area contributed by atoms with E-state index < -0.39 is 5.41 Å². The van der Waals surface area contributed by atoms with E-state index in [2.05, 4.69) is 5.32 Å². The molecule has 0 bridgehead atoms. The summed E-state index contributed by atoms with van der Waals surface area (Å²) in [6.45, 7) is 1.66. The summed E-state index contributed by atoms with van der Waals surface area (Å²) in [6, 6.07) is 19.2. The van der Waals surface area contributed by atoms with Gasteiger partial charge in [-0.15, -0.1) is 0 Å². The molecule has 24 heavy (non-hydrogen) atoms. The highest BCUT2D eigenvalue weighted by molar-refractivity contribution is 5.89. The van der Waals surface area contributed by atoms with Gasteiger partial charge < -0.3 is 10.1 Å². The number of carbonyl (C=O) groups is 2. The molecule has 1 amide bonds. The van der Waals surface area contributed by atoms with E-state index in [1.54, 1.807) is 0 Å². The van der Waals surface area contributed by atoms with Crippen molar-refractivity contribution >= 4 is 11.9 Å². The molecule has 0 unspecified atom stereocenters. The average molecular weight is 323 g/mol. The molecular weight excluding hydrogens is 302 g/mol. The van der Waals surface area contributed by atoms with Gasteiger partial charge in [0.2, 0.25) is 0 Å². The summed E-state index contributed by atoms with van der Waals surface area (Å²) in [4.78, 5) is 24.4. The molecule has 0 saturated heterocycles. The van der Waals surface area contributed by atoms with Crippen molar-refractivity contribution in [3.8, 4) is 0 Å². The molecule has 1 fully saturated rings. The number of rotatable bonds is 6. The standard InChI is InChI=1S/C20H21NO3/c1-15(16-8-4-2-5-9-16)21-18(22)14-24-19(23)20(12-13-20)17-10-6-3-7-11-17/h2-11,15H,12-14H2,1H3,(H,21,22)/t15-/m0/s1. The van der Waals surface area contributed by atoms with E-state index in [-0.39, 0.29) is 24.5 Å². The van der Waals surface area contributed by atoms with E-state index in [1.165, 1.54) is 0 Å². The smallest absolute Gasteiger partial charge is 0.317 e. The summed E-state index contributed by atoms with van der Waals surface area (Å²) in [5.74, 6) is -0.597. The maximum Gasteiger partial charge on any atom is 0.317 e. The number of ether oxygens (including phenoxy) is 1.